The molecule has 1 saturated heterocycles. The first-order valence-electron chi connectivity index (χ1n) is 6.37. The van der Waals surface area contributed by atoms with Crippen LogP contribution in [0.2, 0.25) is 0 Å². The maximum absolute atomic E-state index is 9.01. The smallest absolute Gasteiger partial charge is 0.0644 e. The summed E-state index contributed by atoms with van der Waals surface area (Å²) in [5.74, 6) is 0. The van der Waals surface area contributed by atoms with E-state index in [1.54, 1.807) is 0 Å². The van der Waals surface area contributed by atoms with E-state index in [1.165, 1.54) is 24.1 Å². The minimum Gasteiger partial charge on any atom is -0.394 e. The number of aliphatic hydroxyl groups excluding tert-OH is 1. The predicted molar refractivity (Wildman–Crippen MR) is 62.7 cm³/mol. The minimum atomic E-state index is 0.155. The number of aromatic nitrogens is 2. The SMILES string of the molecule is OCCn1ncc2c1CCCC2NC1COC1. The van der Waals surface area contributed by atoms with Crippen molar-refractivity contribution in [3.63, 3.8) is 0 Å². The van der Waals surface area contributed by atoms with E-state index >= 15 is 0 Å². The lowest BCUT2D eigenvalue weighted by Gasteiger charge is -2.33. The molecule has 0 bridgehead atoms. The van der Waals surface area contributed by atoms with Crippen LogP contribution in [-0.2, 0) is 17.7 Å². The highest BCUT2D eigenvalue weighted by Gasteiger charge is 2.28. The quantitative estimate of drug-likeness (QED) is 0.787. The molecule has 1 unspecified atom stereocenters. The van der Waals surface area contributed by atoms with E-state index in [4.69, 9.17) is 9.84 Å². The molecule has 5 nitrogen and oxygen atoms in total. The molecule has 0 amide bonds. The Morgan fingerprint density at radius 2 is 2.41 bits per heavy atom. The third-order valence-corrected chi connectivity index (χ3v) is 3.65. The van der Waals surface area contributed by atoms with Gasteiger partial charge in [-0.2, -0.15) is 5.10 Å². The maximum atomic E-state index is 9.01. The normalized spacial score (nSPS) is 24.4. The second kappa shape index (κ2) is 4.76. The van der Waals surface area contributed by atoms with Crippen LogP contribution >= 0.6 is 0 Å². The fourth-order valence-corrected chi connectivity index (χ4v) is 2.70. The van der Waals surface area contributed by atoms with Crippen LogP contribution in [0.1, 0.15) is 30.1 Å². The van der Waals surface area contributed by atoms with Gasteiger partial charge in [0.15, 0.2) is 0 Å². The Labute approximate surface area is 101 Å². The maximum Gasteiger partial charge on any atom is 0.0644 e. The summed E-state index contributed by atoms with van der Waals surface area (Å²) in [7, 11) is 0. The van der Waals surface area contributed by atoms with E-state index in [-0.39, 0.29) is 6.61 Å². The third kappa shape index (κ3) is 2.10. The molecule has 94 valence electrons. The molecule has 2 N–H and O–H groups in total. The van der Waals surface area contributed by atoms with E-state index in [0.29, 0.717) is 18.6 Å². The van der Waals surface area contributed by atoms with Crippen LogP contribution in [-0.4, -0.2) is 40.7 Å². The number of hydrogen-bond acceptors (Lipinski definition) is 4. The van der Waals surface area contributed by atoms with Crippen LogP contribution in [0, 0.1) is 0 Å². The second-order valence-electron chi connectivity index (χ2n) is 4.84. The Morgan fingerprint density at radius 1 is 1.53 bits per heavy atom. The van der Waals surface area contributed by atoms with Gasteiger partial charge < -0.3 is 15.2 Å². The van der Waals surface area contributed by atoms with Crippen molar-refractivity contribution in [1.82, 2.24) is 15.1 Å². The molecule has 0 radical (unpaired) electrons. The molecular formula is C12H19N3O2. The molecule has 0 saturated carbocycles. The number of hydrogen-bond donors (Lipinski definition) is 2. The number of aliphatic hydroxyl groups is 1. The first-order chi connectivity index (χ1) is 8.38. The predicted octanol–water partition coefficient (Wildman–Crippen LogP) is 0.241. The van der Waals surface area contributed by atoms with Gasteiger partial charge in [0.2, 0.25) is 0 Å². The van der Waals surface area contributed by atoms with Crippen molar-refractivity contribution in [1.29, 1.82) is 0 Å². The first kappa shape index (κ1) is 11.2. The van der Waals surface area contributed by atoms with Gasteiger partial charge in [-0.25, -0.2) is 0 Å². The third-order valence-electron chi connectivity index (χ3n) is 3.65. The Morgan fingerprint density at radius 3 is 3.12 bits per heavy atom. The molecule has 1 aromatic rings. The zero-order chi connectivity index (χ0) is 11.7. The monoisotopic (exact) mass is 237 g/mol. The number of ether oxygens (including phenoxy) is 1. The van der Waals surface area contributed by atoms with Gasteiger partial charge in [-0.15, -0.1) is 0 Å². The summed E-state index contributed by atoms with van der Waals surface area (Å²) >= 11 is 0. The van der Waals surface area contributed by atoms with Gasteiger partial charge in [0, 0.05) is 17.3 Å². The fourth-order valence-electron chi connectivity index (χ4n) is 2.70. The molecule has 5 heteroatoms. The van der Waals surface area contributed by atoms with Crippen molar-refractivity contribution in [2.24, 2.45) is 0 Å². The molecule has 0 aromatic carbocycles. The molecule has 1 fully saturated rings. The molecule has 3 rings (SSSR count). The summed E-state index contributed by atoms with van der Waals surface area (Å²) in [4.78, 5) is 0. The van der Waals surface area contributed by atoms with Crippen molar-refractivity contribution in [3.05, 3.63) is 17.5 Å². The van der Waals surface area contributed by atoms with Gasteiger partial charge in [0.05, 0.1) is 38.6 Å². The molecule has 1 aliphatic carbocycles. The Kier molecular flexibility index (Phi) is 3.13. The highest BCUT2D eigenvalue weighted by Crippen LogP contribution is 2.30. The standard InChI is InChI=1S/C12H19N3O2/c16-5-4-15-12-3-1-2-11(10(12)6-13-15)14-9-7-17-8-9/h6,9,11,14,16H,1-5,7-8H2. The van der Waals surface area contributed by atoms with Crippen molar-refractivity contribution in [2.45, 2.75) is 37.9 Å². The van der Waals surface area contributed by atoms with Crippen LogP contribution in [0.15, 0.2) is 6.20 Å². The summed E-state index contributed by atoms with van der Waals surface area (Å²) in [6.07, 6.45) is 5.40. The Hall–Kier alpha value is -0.910. The molecular weight excluding hydrogens is 218 g/mol. The second-order valence-corrected chi connectivity index (χ2v) is 4.84. The van der Waals surface area contributed by atoms with Gasteiger partial charge in [-0.3, -0.25) is 4.68 Å². The summed E-state index contributed by atoms with van der Waals surface area (Å²) in [6.45, 7) is 2.42. The van der Waals surface area contributed by atoms with Gasteiger partial charge in [-0.05, 0) is 19.3 Å². The number of fused-ring (bicyclic) bond motifs is 1. The van der Waals surface area contributed by atoms with E-state index < -0.39 is 0 Å². The molecule has 1 atom stereocenters. The number of rotatable bonds is 4. The van der Waals surface area contributed by atoms with Gasteiger partial charge >= 0.3 is 0 Å². The van der Waals surface area contributed by atoms with Gasteiger partial charge in [0.25, 0.3) is 0 Å². The number of nitrogens with one attached hydrogen (secondary N) is 1. The minimum absolute atomic E-state index is 0.155. The van der Waals surface area contributed by atoms with Crippen molar-refractivity contribution in [3.8, 4) is 0 Å². The number of nitrogens with zero attached hydrogens (tertiary/aromatic N) is 2. The van der Waals surface area contributed by atoms with E-state index in [9.17, 15) is 0 Å². The van der Waals surface area contributed by atoms with Gasteiger partial charge in [-0.1, -0.05) is 0 Å². The average Bonchev–Trinajstić information content (AvgIpc) is 2.69. The summed E-state index contributed by atoms with van der Waals surface area (Å²) in [5.41, 5.74) is 2.61. The van der Waals surface area contributed by atoms with Gasteiger partial charge in [0.1, 0.15) is 0 Å². The molecule has 17 heavy (non-hydrogen) atoms. The van der Waals surface area contributed by atoms with Crippen LogP contribution in [0.4, 0.5) is 0 Å². The summed E-state index contributed by atoms with van der Waals surface area (Å²) in [5, 5.41) is 17.0. The largest absolute Gasteiger partial charge is 0.394 e. The van der Waals surface area contributed by atoms with Crippen LogP contribution in [0.3, 0.4) is 0 Å². The van der Waals surface area contributed by atoms with Crippen molar-refractivity contribution >= 4 is 0 Å². The Balaban J connectivity index is 1.76. The van der Waals surface area contributed by atoms with Crippen molar-refractivity contribution in [2.75, 3.05) is 19.8 Å². The highest BCUT2D eigenvalue weighted by molar-refractivity contribution is 5.25. The molecule has 1 aromatic heterocycles. The van der Waals surface area contributed by atoms with Crippen LogP contribution < -0.4 is 5.32 Å². The van der Waals surface area contributed by atoms with E-state index in [0.717, 1.165) is 19.6 Å². The molecule has 2 heterocycles. The average molecular weight is 237 g/mol. The van der Waals surface area contributed by atoms with Crippen molar-refractivity contribution < 1.29 is 9.84 Å². The van der Waals surface area contributed by atoms with Crippen LogP contribution in [0.5, 0.6) is 0 Å². The zero-order valence-corrected chi connectivity index (χ0v) is 9.93. The summed E-state index contributed by atoms with van der Waals surface area (Å²) < 4.78 is 7.14. The van der Waals surface area contributed by atoms with Crippen LogP contribution in [0.25, 0.3) is 0 Å². The molecule has 1 aliphatic heterocycles. The Bertz CT molecular complexity index is 387. The van der Waals surface area contributed by atoms with E-state index in [2.05, 4.69) is 10.4 Å². The lowest BCUT2D eigenvalue weighted by atomic mass is 9.92. The lowest BCUT2D eigenvalue weighted by Crippen LogP contribution is -2.47. The molecule has 0 spiro atoms. The fraction of sp³-hybridized carbons (Fsp3) is 0.750. The zero-order valence-electron chi connectivity index (χ0n) is 9.93. The topological polar surface area (TPSA) is 59.3 Å². The molecule has 2 aliphatic rings. The highest BCUT2D eigenvalue weighted by atomic mass is 16.5. The van der Waals surface area contributed by atoms with E-state index in [1.807, 2.05) is 10.9 Å². The lowest BCUT2D eigenvalue weighted by molar-refractivity contribution is -0.0110. The first-order valence-corrected chi connectivity index (χ1v) is 6.37. The summed E-state index contributed by atoms with van der Waals surface area (Å²) in [6, 6.07) is 0.923.